The zero-order chi connectivity index (χ0) is 14.8. The van der Waals surface area contributed by atoms with Crippen molar-refractivity contribution in [2.24, 2.45) is 0 Å². The van der Waals surface area contributed by atoms with Crippen LogP contribution in [0, 0.1) is 0 Å². The third-order valence-corrected chi connectivity index (χ3v) is 2.71. The molecule has 0 radical (unpaired) electrons. The fraction of sp³-hybridized carbons (Fsp3) is 0.500. The summed E-state index contributed by atoms with van der Waals surface area (Å²) in [4.78, 5) is 2.09. The number of hydrogen-bond acceptors (Lipinski definition) is 4. The molecule has 0 saturated heterocycles. The van der Waals surface area contributed by atoms with E-state index in [1.807, 2.05) is 51.4 Å². The molecule has 112 valence electrons. The van der Waals surface area contributed by atoms with E-state index in [0.29, 0.717) is 19.8 Å². The van der Waals surface area contributed by atoms with Gasteiger partial charge in [0.15, 0.2) is 11.5 Å². The Balaban J connectivity index is 2.39. The summed E-state index contributed by atoms with van der Waals surface area (Å²) >= 11 is 0. The van der Waals surface area contributed by atoms with Gasteiger partial charge in [-0.1, -0.05) is 18.2 Å². The van der Waals surface area contributed by atoms with E-state index in [1.54, 1.807) is 7.11 Å². The average molecular weight is 279 g/mol. The molecule has 1 aromatic rings. The van der Waals surface area contributed by atoms with Crippen LogP contribution in [0.1, 0.15) is 12.5 Å². The first kappa shape index (κ1) is 16.5. The maximum atomic E-state index is 5.68. The first-order valence-corrected chi connectivity index (χ1v) is 6.83. The molecule has 4 heteroatoms. The molecular formula is C16H25NO3. The van der Waals surface area contributed by atoms with Gasteiger partial charge in [0.25, 0.3) is 0 Å². The molecule has 0 heterocycles. The number of benzene rings is 1. The summed E-state index contributed by atoms with van der Waals surface area (Å²) in [6.07, 6.45) is 4.02. The van der Waals surface area contributed by atoms with Crippen LogP contribution in [0.2, 0.25) is 0 Å². The van der Waals surface area contributed by atoms with Crippen molar-refractivity contribution >= 4 is 6.08 Å². The molecule has 0 unspecified atom stereocenters. The minimum Gasteiger partial charge on any atom is -0.493 e. The highest BCUT2D eigenvalue weighted by Gasteiger charge is 2.04. The number of methoxy groups -OCH3 is 1. The van der Waals surface area contributed by atoms with E-state index in [-0.39, 0.29) is 0 Å². The Morgan fingerprint density at radius 2 is 1.90 bits per heavy atom. The van der Waals surface area contributed by atoms with Gasteiger partial charge in [-0.2, -0.15) is 0 Å². The van der Waals surface area contributed by atoms with Gasteiger partial charge in [-0.05, 0) is 38.7 Å². The van der Waals surface area contributed by atoms with Crippen LogP contribution in [0.25, 0.3) is 6.08 Å². The van der Waals surface area contributed by atoms with Gasteiger partial charge in [0.05, 0.1) is 20.3 Å². The molecule has 1 aromatic carbocycles. The molecule has 0 aliphatic heterocycles. The van der Waals surface area contributed by atoms with Gasteiger partial charge in [-0.25, -0.2) is 0 Å². The molecule has 0 bridgehead atoms. The predicted octanol–water partition coefficient (Wildman–Crippen LogP) is 2.69. The monoisotopic (exact) mass is 279 g/mol. The Labute approximate surface area is 121 Å². The van der Waals surface area contributed by atoms with Crippen LogP contribution in [-0.4, -0.2) is 52.5 Å². The molecule has 0 saturated carbocycles. The first-order valence-electron chi connectivity index (χ1n) is 6.83. The van der Waals surface area contributed by atoms with Gasteiger partial charge in [0.2, 0.25) is 0 Å². The largest absolute Gasteiger partial charge is 0.493 e. The molecule has 0 N–H and O–H groups in total. The molecular weight excluding hydrogens is 254 g/mol. The Bertz CT molecular complexity index is 416. The molecule has 0 aliphatic carbocycles. The normalized spacial score (nSPS) is 11.2. The molecule has 0 aromatic heterocycles. The van der Waals surface area contributed by atoms with Crippen molar-refractivity contribution in [1.29, 1.82) is 0 Å². The fourth-order valence-corrected chi connectivity index (χ4v) is 1.66. The SMILES string of the molecule is CC=Cc1ccc(OCCOCCN(C)C)c(OC)c1. The van der Waals surface area contributed by atoms with Crippen molar-refractivity contribution < 1.29 is 14.2 Å². The lowest BCUT2D eigenvalue weighted by Gasteiger charge is -2.12. The van der Waals surface area contributed by atoms with E-state index in [4.69, 9.17) is 14.2 Å². The highest BCUT2D eigenvalue weighted by molar-refractivity contribution is 5.55. The summed E-state index contributed by atoms with van der Waals surface area (Å²) in [7, 11) is 5.70. The number of ether oxygens (including phenoxy) is 3. The number of rotatable bonds is 9. The number of hydrogen-bond donors (Lipinski definition) is 0. The second kappa shape index (κ2) is 9.39. The summed E-state index contributed by atoms with van der Waals surface area (Å²) in [5.74, 6) is 1.49. The minimum atomic E-state index is 0.521. The minimum absolute atomic E-state index is 0.521. The maximum Gasteiger partial charge on any atom is 0.161 e. The van der Waals surface area contributed by atoms with Crippen molar-refractivity contribution in [2.75, 3.05) is 47.6 Å². The highest BCUT2D eigenvalue weighted by atomic mass is 16.5. The van der Waals surface area contributed by atoms with Gasteiger partial charge in [-0.3, -0.25) is 0 Å². The molecule has 0 fully saturated rings. The molecule has 0 atom stereocenters. The second-order valence-electron chi connectivity index (χ2n) is 4.67. The lowest BCUT2D eigenvalue weighted by atomic mass is 10.2. The van der Waals surface area contributed by atoms with Crippen molar-refractivity contribution in [3.63, 3.8) is 0 Å². The predicted molar refractivity (Wildman–Crippen MR) is 82.6 cm³/mol. The van der Waals surface area contributed by atoms with Gasteiger partial charge in [0.1, 0.15) is 6.61 Å². The van der Waals surface area contributed by atoms with Crippen LogP contribution in [0.5, 0.6) is 11.5 Å². The van der Waals surface area contributed by atoms with E-state index in [1.165, 1.54) is 0 Å². The third kappa shape index (κ3) is 6.08. The second-order valence-corrected chi connectivity index (χ2v) is 4.67. The lowest BCUT2D eigenvalue weighted by molar-refractivity contribution is 0.0881. The Hall–Kier alpha value is -1.52. The highest BCUT2D eigenvalue weighted by Crippen LogP contribution is 2.28. The van der Waals surface area contributed by atoms with Crippen molar-refractivity contribution in [1.82, 2.24) is 4.90 Å². The van der Waals surface area contributed by atoms with Gasteiger partial charge < -0.3 is 19.1 Å². The molecule has 20 heavy (non-hydrogen) atoms. The van der Waals surface area contributed by atoms with E-state index in [9.17, 15) is 0 Å². The Morgan fingerprint density at radius 1 is 1.10 bits per heavy atom. The van der Waals surface area contributed by atoms with Crippen molar-refractivity contribution in [3.05, 3.63) is 29.8 Å². The van der Waals surface area contributed by atoms with Crippen LogP contribution >= 0.6 is 0 Å². The van der Waals surface area contributed by atoms with Crippen LogP contribution in [0.3, 0.4) is 0 Å². The number of likely N-dealkylation sites (N-methyl/N-ethyl adjacent to an activating group) is 1. The quantitative estimate of drug-likeness (QED) is 0.650. The molecule has 1 rings (SSSR count). The van der Waals surface area contributed by atoms with E-state index < -0.39 is 0 Å². The Kier molecular flexibility index (Phi) is 7.77. The van der Waals surface area contributed by atoms with Gasteiger partial charge >= 0.3 is 0 Å². The van der Waals surface area contributed by atoms with Crippen molar-refractivity contribution in [3.8, 4) is 11.5 Å². The van der Waals surface area contributed by atoms with Gasteiger partial charge in [0, 0.05) is 6.54 Å². The average Bonchev–Trinajstić information content (AvgIpc) is 2.43. The van der Waals surface area contributed by atoms with Gasteiger partial charge in [-0.15, -0.1) is 0 Å². The summed E-state index contributed by atoms with van der Waals surface area (Å²) in [6.45, 7) is 4.72. The maximum absolute atomic E-state index is 5.68. The zero-order valence-corrected chi connectivity index (χ0v) is 12.9. The van der Waals surface area contributed by atoms with Crippen LogP contribution in [-0.2, 0) is 4.74 Å². The number of nitrogens with zero attached hydrogens (tertiary/aromatic N) is 1. The zero-order valence-electron chi connectivity index (χ0n) is 12.9. The van der Waals surface area contributed by atoms with Crippen molar-refractivity contribution in [2.45, 2.75) is 6.92 Å². The van der Waals surface area contributed by atoms with E-state index in [2.05, 4.69) is 4.90 Å². The number of allylic oxidation sites excluding steroid dienone is 1. The summed E-state index contributed by atoms with van der Waals surface area (Å²) in [5.41, 5.74) is 1.10. The lowest BCUT2D eigenvalue weighted by Crippen LogP contribution is -2.19. The first-order chi connectivity index (χ1) is 9.67. The standard InChI is InChI=1S/C16H25NO3/c1-5-6-14-7-8-15(16(13-14)18-4)20-12-11-19-10-9-17(2)3/h5-8,13H,9-12H2,1-4H3. The molecule has 0 amide bonds. The summed E-state index contributed by atoms with van der Waals surface area (Å²) in [6, 6.07) is 5.89. The fourth-order valence-electron chi connectivity index (χ4n) is 1.66. The summed E-state index contributed by atoms with van der Waals surface area (Å²) < 4.78 is 16.5. The molecule has 4 nitrogen and oxygen atoms in total. The smallest absolute Gasteiger partial charge is 0.161 e. The van der Waals surface area contributed by atoms with E-state index >= 15 is 0 Å². The van der Waals surface area contributed by atoms with E-state index in [0.717, 1.165) is 23.6 Å². The molecule has 0 aliphatic rings. The van der Waals surface area contributed by atoms with Crippen LogP contribution < -0.4 is 9.47 Å². The summed E-state index contributed by atoms with van der Waals surface area (Å²) in [5, 5.41) is 0. The van der Waals surface area contributed by atoms with Crippen LogP contribution in [0.4, 0.5) is 0 Å². The molecule has 0 spiro atoms. The van der Waals surface area contributed by atoms with Crippen LogP contribution in [0.15, 0.2) is 24.3 Å². The topological polar surface area (TPSA) is 30.9 Å². The third-order valence-electron chi connectivity index (χ3n) is 2.71. The Morgan fingerprint density at radius 3 is 2.55 bits per heavy atom.